The summed E-state index contributed by atoms with van der Waals surface area (Å²) in [6, 6.07) is 15.5. The fourth-order valence-corrected chi connectivity index (χ4v) is 3.30. The van der Waals surface area contributed by atoms with Crippen molar-refractivity contribution >= 4 is 37.6 Å². The van der Waals surface area contributed by atoms with Crippen LogP contribution in [0, 0.1) is 6.92 Å². The first kappa shape index (κ1) is 18.0. The number of ether oxygens (including phenoxy) is 1. The number of carbonyl (C=O) groups is 1. The number of hydrogen-bond donors (Lipinski definition) is 0. The second-order valence-corrected chi connectivity index (χ2v) is 7.15. The molecule has 0 amide bonds. The van der Waals surface area contributed by atoms with Gasteiger partial charge in [-0.2, -0.15) is 0 Å². The van der Waals surface area contributed by atoms with Crippen LogP contribution in [0.3, 0.4) is 0 Å². The van der Waals surface area contributed by atoms with E-state index >= 15 is 0 Å². The monoisotopic (exact) mass is 436 g/mol. The van der Waals surface area contributed by atoms with Crippen LogP contribution in [0.1, 0.15) is 26.3 Å². The number of carbonyl (C=O) groups excluding carboxylic acids is 1. The Morgan fingerprint density at radius 1 is 1.22 bits per heavy atom. The van der Waals surface area contributed by atoms with Crippen LogP contribution in [0.25, 0.3) is 0 Å². The molecule has 2 atom stereocenters. The van der Waals surface area contributed by atoms with E-state index in [1.54, 1.807) is 6.08 Å². The third kappa shape index (κ3) is 4.55. The zero-order chi connectivity index (χ0) is 16.8. The largest absolute Gasteiger partial charge is 0.489 e. The molecule has 0 fully saturated rings. The van der Waals surface area contributed by atoms with Crippen molar-refractivity contribution in [1.82, 2.24) is 0 Å². The highest BCUT2D eigenvalue weighted by Gasteiger charge is 2.28. The van der Waals surface area contributed by atoms with E-state index in [-0.39, 0.29) is 10.6 Å². The number of halogens is 2. The highest BCUT2D eigenvalue weighted by atomic mass is 79.9. The average Bonchev–Trinajstić information content (AvgIpc) is 2.59. The van der Waals surface area contributed by atoms with Crippen LogP contribution < -0.4 is 4.74 Å². The fourth-order valence-electron chi connectivity index (χ4n) is 2.20. The van der Waals surface area contributed by atoms with Crippen LogP contribution in [0.2, 0.25) is 0 Å². The van der Waals surface area contributed by atoms with Gasteiger partial charge in [-0.05, 0) is 24.6 Å². The number of hydrogen-bond acceptors (Lipinski definition) is 2. The third-order valence-corrected chi connectivity index (χ3v) is 6.09. The highest BCUT2D eigenvalue weighted by molar-refractivity contribution is 9.12. The van der Waals surface area contributed by atoms with E-state index in [4.69, 9.17) is 4.74 Å². The van der Waals surface area contributed by atoms with E-state index < -0.39 is 4.83 Å². The van der Waals surface area contributed by atoms with Gasteiger partial charge in [-0.1, -0.05) is 86.5 Å². The van der Waals surface area contributed by atoms with Crippen molar-refractivity contribution in [3.05, 3.63) is 77.9 Å². The van der Waals surface area contributed by atoms with Gasteiger partial charge in [0.1, 0.15) is 12.4 Å². The zero-order valence-corrected chi connectivity index (χ0v) is 16.0. The Morgan fingerprint density at radius 3 is 2.57 bits per heavy atom. The maximum Gasteiger partial charge on any atom is 0.181 e. The molecule has 0 spiro atoms. The molecule has 2 unspecified atom stereocenters. The van der Waals surface area contributed by atoms with Crippen LogP contribution in [0.4, 0.5) is 0 Å². The molecule has 0 aliphatic carbocycles. The Balaban J connectivity index is 2.28. The molecular formula is C19H18Br2O2. The first-order valence-corrected chi connectivity index (χ1v) is 9.09. The lowest BCUT2D eigenvalue weighted by atomic mass is 10.0. The molecule has 2 nitrogen and oxygen atoms in total. The lowest BCUT2D eigenvalue weighted by Gasteiger charge is -2.18. The fraction of sp³-hybridized carbons (Fsp3) is 0.211. The summed E-state index contributed by atoms with van der Waals surface area (Å²) in [5.41, 5.74) is 2.64. The summed E-state index contributed by atoms with van der Waals surface area (Å²) in [4.78, 5) is 12.4. The van der Waals surface area contributed by atoms with E-state index in [0.29, 0.717) is 17.9 Å². The second-order valence-electron chi connectivity index (χ2n) is 5.18. The van der Waals surface area contributed by atoms with Crippen LogP contribution in [-0.4, -0.2) is 17.2 Å². The van der Waals surface area contributed by atoms with Crippen molar-refractivity contribution in [3.63, 3.8) is 0 Å². The number of rotatable bonds is 7. The highest BCUT2D eigenvalue weighted by Crippen LogP contribution is 2.35. The van der Waals surface area contributed by atoms with Gasteiger partial charge in [0.25, 0.3) is 0 Å². The molecule has 0 aromatic heterocycles. The molecule has 2 rings (SSSR count). The minimum Gasteiger partial charge on any atom is -0.489 e. The summed E-state index contributed by atoms with van der Waals surface area (Å²) in [6.45, 7) is 5.97. The predicted molar refractivity (Wildman–Crippen MR) is 102 cm³/mol. The van der Waals surface area contributed by atoms with Gasteiger partial charge >= 0.3 is 0 Å². The van der Waals surface area contributed by atoms with E-state index in [9.17, 15) is 4.79 Å². The second kappa shape index (κ2) is 8.46. The third-order valence-electron chi connectivity index (χ3n) is 3.38. The molecule has 0 N–H and O–H groups in total. The number of Topliss-reactive ketones (excluding diaryl/α,β-unsaturated/α-hetero) is 1. The Bertz CT molecular complexity index is 683. The standard InChI is InChI=1S/C19H18Br2O2/c1-3-11-23-16-10-9-13(2)12-15(16)19(22)18(21)17(20)14-7-5-4-6-8-14/h3-10,12,17-18H,1,11H2,2H3. The smallest absolute Gasteiger partial charge is 0.181 e. The first-order chi connectivity index (χ1) is 11.0. The maximum atomic E-state index is 12.9. The molecule has 23 heavy (non-hydrogen) atoms. The van der Waals surface area contributed by atoms with Crippen molar-refractivity contribution in [1.29, 1.82) is 0 Å². The van der Waals surface area contributed by atoms with Gasteiger partial charge in [-0.15, -0.1) is 0 Å². The van der Waals surface area contributed by atoms with Gasteiger partial charge in [-0.3, -0.25) is 4.79 Å². The van der Waals surface area contributed by atoms with Crippen molar-refractivity contribution in [2.75, 3.05) is 6.61 Å². The van der Waals surface area contributed by atoms with E-state index in [0.717, 1.165) is 11.1 Å². The molecule has 0 heterocycles. The van der Waals surface area contributed by atoms with Crippen LogP contribution in [-0.2, 0) is 0 Å². The minimum atomic E-state index is -0.391. The molecule has 0 aliphatic heterocycles. The Kier molecular flexibility index (Phi) is 6.60. The van der Waals surface area contributed by atoms with Crippen molar-refractivity contribution in [2.24, 2.45) is 0 Å². The summed E-state index contributed by atoms with van der Waals surface area (Å²) < 4.78 is 5.62. The topological polar surface area (TPSA) is 26.3 Å². The van der Waals surface area contributed by atoms with Gasteiger partial charge in [-0.25, -0.2) is 0 Å². The first-order valence-electron chi connectivity index (χ1n) is 7.26. The number of aryl methyl sites for hydroxylation is 1. The summed E-state index contributed by atoms with van der Waals surface area (Å²) >= 11 is 7.16. The Morgan fingerprint density at radius 2 is 1.91 bits per heavy atom. The molecule has 0 bridgehead atoms. The summed E-state index contributed by atoms with van der Waals surface area (Å²) in [5, 5.41) is 0. The molecule has 0 radical (unpaired) electrons. The number of benzene rings is 2. The Hall–Kier alpha value is -1.39. The SMILES string of the molecule is C=CCOc1ccc(C)cc1C(=O)C(Br)C(Br)c1ccccc1. The summed E-state index contributed by atoms with van der Waals surface area (Å²) in [6.07, 6.45) is 1.66. The van der Waals surface area contributed by atoms with E-state index in [1.807, 2.05) is 55.5 Å². The van der Waals surface area contributed by atoms with Crippen LogP contribution in [0.5, 0.6) is 5.75 Å². The zero-order valence-electron chi connectivity index (χ0n) is 12.8. The van der Waals surface area contributed by atoms with Crippen molar-refractivity contribution < 1.29 is 9.53 Å². The van der Waals surface area contributed by atoms with Crippen molar-refractivity contribution in [2.45, 2.75) is 16.6 Å². The van der Waals surface area contributed by atoms with Gasteiger partial charge in [0.15, 0.2) is 5.78 Å². The van der Waals surface area contributed by atoms with Gasteiger partial charge in [0.2, 0.25) is 0 Å². The molecular weight excluding hydrogens is 420 g/mol. The van der Waals surface area contributed by atoms with Gasteiger partial charge in [0.05, 0.1) is 15.2 Å². The normalized spacial score (nSPS) is 13.2. The molecule has 4 heteroatoms. The van der Waals surface area contributed by atoms with E-state index in [1.165, 1.54) is 0 Å². The molecule has 2 aromatic rings. The lowest BCUT2D eigenvalue weighted by molar-refractivity contribution is 0.0987. The average molecular weight is 438 g/mol. The Labute approximate surface area is 153 Å². The molecule has 0 aliphatic rings. The molecule has 0 saturated heterocycles. The maximum absolute atomic E-state index is 12.9. The summed E-state index contributed by atoms with van der Waals surface area (Å²) in [5.74, 6) is 0.566. The van der Waals surface area contributed by atoms with E-state index in [2.05, 4.69) is 38.4 Å². The minimum absolute atomic E-state index is 0.0153. The molecule has 0 saturated carbocycles. The number of alkyl halides is 2. The molecule has 2 aromatic carbocycles. The van der Waals surface area contributed by atoms with Gasteiger partial charge in [0, 0.05) is 0 Å². The lowest BCUT2D eigenvalue weighted by Crippen LogP contribution is -2.20. The number of ketones is 1. The van der Waals surface area contributed by atoms with Crippen LogP contribution in [0.15, 0.2) is 61.2 Å². The summed E-state index contributed by atoms with van der Waals surface area (Å²) in [7, 11) is 0. The van der Waals surface area contributed by atoms with Gasteiger partial charge < -0.3 is 4.74 Å². The van der Waals surface area contributed by atoms with Crippen molar-refractivity contribution in [3.8, 4) is 5.75 Å². The molecule has 120 valence electrons. The van der Waals surface area contributed by atoms with Crippen LogP contribution >= 0.6 is 31.9 Å². The predicted octanol–water partition coefficient (Wildman–Crippen LogP) is 5.64. The quantitative estimate of drug-likeness (QED) is 0.318.